The van der Waals surface area contributed by atoms with Gasteiger partial charge < -0.3 is 25.3 Å². The predicted molar refractivity (Wildman–Crippen MR) is 255 cm³/mol. The third-order valence-corrected chi connectivity index (χ3v) is 15.4. The molecule has 1 saturated carbocycles. The second-order valence-corrected chi connectivity index (χ2v) is 19.8. The van der Waals surface area contributed by atoms with Crippen LogP contribution < -0.4 is 16.2 Å². The van der Waals surface area contributed by atoms with E-state index in [1.807, 2.05) is 17.0 Å². The lowest BCUT2D eigenvalue weighted by atomic mass is 9.83. The van der Waals surface area contributed by atoms with E-state index in [1.54, 1.807) is 34.1 Å². The number of fused-ring (bicyclic) bond motifs is 1. The topological polar surface area (TPSA) is 154 Å². The number of piperazine rings is 2. The number of aromatic amines is 1. The van der Waals surface area contributed by atoms with Crippen LogP contribution in [0.15, 0.2) is 59.4 Å². The second-order valence-electron chi connectivity index (χ2n) is 19.8. The molecule has 3 N–H and O–H groups in total. The lowest BCUT2D eigenvalue weighted by Crippen LogP contribution is -2.57. The van der Waals surface area contributed by atoms with Gasteiger partial charge in [0.25, 0.3) is 17.4 Å². The molecule has 368 valence electrons. The number of rotatable bonds is 12. The maximum atomic E-state index is 15.9. The van der Waals surface area contributed by atoms with E-state index in [9.17, 15) is 24.0 Å². The number of aromatic nitrogens is 2. The van der Waals surface area contributed by atoms with E-state index in [-0.39, 0.29) is 34.8 Å². The predicted octanol–water partition coefficient (Wildman–Crippen LogP) is 4.92. The molecule has 14 nitrogen and oxygen atoms in total. The van der Waals surface area contributed by atoms with Gasteiger partial charge in [0.1, 0.15) is 29.1 Å². The quantitative estimate of drug-likeness (QED) is 0.180. The Hall–Kier alpha value is -5.65. The molecule has 4 saturated heterocycles. The zero-order valence-corrected chi connectivity index (χ0v) is 39.3. The highest BCUT2D eigenvalue weighted by molar-refractivity contribution is 5.98. The maximum absolute atomic E-state index is 15.9. The van der Waals surface area contributed by atoms with Crippen LogP contribution in [0.2, 0.25) is 0 Å². The van der Waals surface area contributed by atoms with E-state index in [0.717, 1.165) is 84.0 Å². The number of nitrogens with zero attached hydrogens (tertiary/aromatic N) is 6. The van der Waals surface area contributed by atoms with Crippen molar-refractivity contribution in [3.8, 4) is 0 Å². The zero-order valence-electron chi connectivity index (χ0n) is 39.3. The van der Waals surface area contributed by atoms with Crippen molar-refractivity contribution in [2.45, 2.75) is 76.2 Å². The Balaban J connectivity index is 0.716. The first-order valence-electron chi connectivity index (χ1n) is 25.1. The average Bonchev–Trinajstić information content (AvgIpc) is 3.38. The molecule has 5 heterocycles. The van der Waals surface area contributed by atoms with Gasteiger partial charge in [0.15, 0.2) is 0 Å². The Labute approximate surface area is 400 Å². The average molecular weight is 952 g/mol. The molecule has 5 aliphatic rings. The SMILES string of the molecule is O=C(N[C@@H](C(=O)N1CCN(CC2CCN(CC(=O)N3CCN(C(=O)c4cc(Cc5n[nH]c(=O)c6ccccc56)ccc4F)CC3)CC2)CC1)C1CCCCC1)c1c(F)ccc(C2CCCNC2)c1F. The molecule has 0 radical (unpaired) electrons. The number of benzene rings is 3. The number of amides is 4. The first-order chi connectivity index (χ1) is 33.5. The van der Waals surface area contributed by atoms with Crippen LogP contribution in [0.5, 0.6) is 0 Å². The molecule has 1 aromatic heterocycles. The van der Waals surface area contributed by atoms with E-state index in [1.165, 1.54) is 18.2 Å². The van der Waals surface area contributed by atoms with Crippen molar-refractivity contribution in [3.63, 3.8) is 0 Å². The third-order valence-electron chi connectivity index (χ3n) is 15.4. The number of hydrogen-bond acceptors (Lipinski definition) is 9. The van der Waals surface area contributed by atoms with E-state index in [2.05, 4.69) is 30.6 Å². The molecule has 4 amide bonds. The van der Waals surface area contributed by atoms with Gasteiger partial charge in [0.05, 0.1) is 23.2 Å². The highest BCUT2D eigenvalue weighted by Gasteiger charge is 2.38. The Kier molecular flexibility index (Phi) is 15.4. The summed E-state index contributed by atoms with van der Waals surface area (Å²) in [6.45, 7) is 7.88. The normalized spacial score (nSPS) is 20.8. The van der Waals surface area contributed by atoms with Crippen molar-refractivity contribution in [1.82, 2.24) is 45.3 Å². The van der Waals surface area contributed by atoms with Crippen LogP contribution in [0.1, 0.15) is 101 Å². The van der Waals surface area contributed by atoms with Crippen LogP contribution in [0.4, 0.5) is 13.2 Å². The van der Waals surface area contributed by atoms with Crippen LogP contribution in [0.25, 0.3) is 10.8 Å². The molecule has 5 fully saturated rings. The Morgan fingerprint density at radius 2 is 1.42 bits per heavy atom. The third kappa shape index (κ3) is 11.2. The number of hydrogen-bond donors (Lipinski definition) is 3. The van der Waals surface area contributed by atoms with Crippen molar-refractivity contribution in [2.75, 3.05) is 91.6 Å². The van der Waals surface area contributed by atoms with Crippen molar-refractivity contribution in [1.29, 1.82) is 0 Å². The van der Waals surface area contributed by atoms with Crippen molar-refractivity contribution >= 4 is 34.4 Å². The largest absolute Gasteiger partial charge is 0.340 e. The van der Waals surface area contributed by atoms with E-state index >= 15 is 13.2 Å². The molecule has 9 rings (SSSR count). The molecular weight excluding hydrogens is 888 g/mol. The van der Waals surface area contributed by atoms with Crippen LogP contribution in [0, 0.1) is 29.3 Å². The lowest BCUT2D eigenvalue weighted by Gasteiger charge is -2.41. The van der Waals surface area contributed by atoms with E-state index in [0.29, 0.717) is 105 Å². The van der Waals surface area contributed by atoms with Gasteiger partial charge in [-0.25, -0.2) is 18.3 Å². The van der Waals surface area contributed by atoms with E-state index < -0.39 is 40.9 Å². The lowest BCUT2D eigenvalue weighted by molar-refractivity contribution is -0.137. The molecule has 4 aliphatic heterocycles. The molecule has 2 atom stereocenters. The Morgan fingerprint density at radius 1 is 0.725 bits per heavy atom. The Morgan fingerprint density at radius 3 is 2.14 bits per heavy atom. The van der Waals surface area contributed by atoms with E-state index in [4.69, 9.17) is 0 Å². The van der Waals surface area contributed by atoms with Gasteiger partial charge in [-0.1, -0.05) is 49.6 Å². The Bertz CT molecular complexity index is 2560. The van der Waals surface area contributed by atoms with Gasteiger partial charge in [0.2, 0.25) is 11.8 Å². The summed E-state index contributed by atoms with van der Waals surface area (Å²) in [5.74, 6) is -3.64. The van der Waals surface area contributed by atoms with Gasteiger partial charge in [-0.3, -0.25) is 33.8 Å². The molecule has 3 aromatic carbocycles. The maximum Gasteiger partial charge on any atom is 0.272 e. The van der Waals surface area contributed by atoms with Crippen LogP contribution in [-0.4, -0.2) is 156 Å². The summed E-state index contributed by atoms with van der Waals surface area (Å²) < 4.78 is 46.2. The summed E-state index contributed by atoms with van der Waals surface area (Å²) in [7, 11) is 0. The monoisotopic (exact) mass is 951 g/mol. The van der Waals surface area contributed by atoms with Crippen LogP contribution >= 0.6 is 0 Å². The first kappa shape index (κ1) is 48.4. The van der Waals surface area contributed by atoms with Gasteiger partial charge in [0, 0.05) is 77.3 Å². The van der Waals surface area contributed by atoms with Gasteiger partial charge in [-0.15, -0.1) is 0 Å². The van der Waals surface area contributed by atoms with Crippen LogP contribution in [-0.2, 0) is 16.0 Å². The highest BCUT2D eigenvalue weighted by atomic mass is 19.1. The molecular formula is C52H64F3N9O5. The number of H-pyrrole nitrogens is 1. The van der Waals surface area contributed by atoms with Crippen molar-refractivity contribution in [3.05, 3.63) is 110 Å². The first-order valence-corrected chi connectivity index (χ1v) is 25.1. The zero-order chi connectivity index (χ0) is 48.0. The fraction of sp³-hybridized carbons (Fsp3) is 0.538. The standard InChI is InChI=1S/C52H64F3N9O5/c53-42-14-12-35(30-44-39-10-4-5-11-40(39)49(66)59-58-44)29-41(42)51(68)63-27-25-62(26-28-63)45(65)33-60-19-16-34(17-20-60)32-61-21-23-64(24-22-61)52(69)48(36-7-2-1-3-8-36)57-50(67)46-43(54)15-13-38(47(46)55)37-9-6-18-56-31-37/h4-5,10-15,29,34,36-37,48,56H,1-3,6-9,16-28,30-33H2,(H,57,67)(H,59,66)/t37?,48-/m1/s1. The number of likely N-dealkylation sites (tertiary alicyclic amines) is 1. The minimum absolute atomic E-state index is 0.0126. The highest BCUT2D eigenvalue weighted by Crippen LogP contribution is 2.31. The molecule has 1 unspecified atom stereocenters. The fourth-order valence-corrected chi connectivity index (χ4v) is 11.3. The van der Waals surface area contributed by atoms with Crippen molar-refractivity contribution < 1.29 is 32.3 Å². The number of halogens is 3. The molecule has 0 spiro atoms. The minimum atomic E-state index is -0.921. The number of carbonyl (C=O) groups excluding carboxylic acids is 4. The summed E-state index contributed by atoms with van der Waals surface area (Å²) in [5.41, 5.74) is 0.699. The molecule has 1 aliphatic carbocycles. The molecule has 4 aromatic rings. The van der Waals surface area contributed by atoms with Gasteiger partial charge in [-0.05, 0) is 111 Å². The number of nitrogens with one attached hydrogen (secondary N) is 3. The summed E-state index contributed by atoms with van der Waals surface area (Å²) in [4.78, 5) is 77.0. The summed E-state index contributed by atoms with van der Waals surface area (Å²) in [5, 5.41) is 14.1. The van der Waals surface area contributed by atoms with Crippen molar-refractivity contribution in [2.24, 2.45) is 11.8 Å². The smallest absolute Gasteiger partial charge is 0.272 e. The van der Waals surface area contributed by atoms with Gasteiger partial charge in [-0.2, -0.15) is 5.10 Å². The molecule has 17 heteroatoms. The summed E-state index contributed by atoms with van der Waals surface area (Å²) >= 11 is 0. The fourth-order valence-electron chi connectivity index (χ4n) is 11.3. The van der Waals surface area contributed by atoms with Crippen LogP contribution in [0.3, 0.4) is 0 Å². The number of carbonyl (C=O) groups is 4. The summed E-state index contributed by atoms with van der Waals surface area (Å²) in [6.07, 6.45) is 8.29. The second kappa shape index (κ2) is 22.0. The number of piperidine rings is 2. The molecule has 0 bridgehead atoms. The minimum Gasteiger partial charge on any atom is -0.340 e. The summed E-state index contributed by atoms with van der Waals surface area (Å²) in [6, 6.07) is 13.3. The van der Waals surface area contributed by atoms with Gasteiger partial charge >= 0.3 is 0 Å². The molecule has 69 heavy (non-hydrogen) atoms.